The second-order valence-electron chi connectivity index (χ2n) is 5.20. The fourth-order valence-corrected chi connectivity index (χ4v) is 1.94. The fourth-order valence-electron chi connectivity index (χ4n) is 1.94. The summed E-state index contributed by atoms with van der Waals surface area (Å²) < 4.78 is 1.99. The Bertz CT molecular complexity index is 521. The molecular weight excluding hydrogens is 222 g/mol. The first-order valence-electron chi connectivity index (χ1n) is 6.33. The van der Waals surface area contributed by atoms with E-state index in [1.54, 1.807) is 0 Å². The van der Waals surface area contributed by atoms with Gasteiger partial charge in [-0.2, -0.15) is 5.10 Å². The molecule has 0 saturated heterocycles. The third-order valence-electron chi connectivity index (χ3n) is 3.14. The molecule has 0 N–H and O–H groups in total. The van der Waals surface area contributed by atoms with Gasteiger partial charge in [-0.1, -0.05) is 26.0 Å². The van der Waals surface area contributed by atoms with E-state index in [0.29, 0.717) is 5.92 Å². The number of aromatic nitrogens is 2. The zero-order valence-corrected chi connectivity index (χ0v) is 11.8. The SMILES string of the molecule is Cc1cc(N(C)C)nn1-c1ccc(C(C)C)cc1. The van der Waals surface area contributed by atoms with Gasteiger partial charge in [-0.15, -0.1) is 0 Å². The number of aryl methyl sites for hydroxylation is 1. The first-order chi connectivity index (χ1) is 8.49. The van der Waals surface area contributed by atoms with Gasteiger partial charge in [-0.25, -0.2) is 4.68 Å². The van der Waals surface area contributed by atoms with Crippen LogP contribution in [0.2, 0.25) is 0 Å². The Morgan fingerprint density at radius 1 is 1.11 bits per heavy atom. The number of hydrogen-bond acceptors (Lipinski definition) is 2. The normalized spacial score (nSPS) is 11.0. The average molecular weight is 243 g/mol. The lowest BCUT2D eigenvalue weighted by atomic mass is 10.0. The third-order valence-corrected chi connectivity index (χ3v) is 3.14. The van der Waals surface area contributed by atoms with Crippen molar-refractivity contribution >= 4 is 5.82 Å². The van der Waals surface area contributed by atoms with Crippen LogP contribution in [0, 0.1) is 6.92 Å². The molecule has 2 aromatic rings. The molecule has 3 nitrogen and oxygen atoms in total. The fraction of sp³-hybridized carbons (Fsp3) is 0.400. The van der Waals surface area contributed by atoms with Crippen LogP contribution in [0.15, 0.2) is 30.3 Å². The second kappa shape index (κ2) is 4.84. The van der Waals surface area contributed by atoms with Gasteiger partial charge in [0.2, 0.25) is 0 Å². The lowest BCUT2D eigenvalue weighted by molar-refractivity contribution is 0.830. The smallest absolute Gasteiger partial charge is 0.150 e. The van der Waals surface area contributed by atoms with Crippen LogP contribution >= 0.6 is 0 Å². The van der Waals surface area contributed by atoms with Gasteiger partial charge in [0.25, 0.3) is 0 Å². The lowest BCUT2D eigenvalue weighted by Crippen LogP contribution is -2.09. The Labute approximate surface area is 109 Å². The van der Waals surface area contributed by atoms with Crippen LogP contribution < -0.4 is 4.90 Å². The molecule has 18 heavy (non-hydrogen) atoms. The van der Waals surface area contributed by atoms with Gasteiger partial charge < -0.3 is 4.90 Å². The van der Waals surface area contributed by atoms with Gasteiger partial charge in [0.05, 0.1) is 5.69 Å². The van der Waals surface area contributed by atoms with Gasteiger partial charge in [0, 0.05) is 25.9 Å². The van der Waals surface area contributed by atoms with E-state index in [4.69, 9.17) is 0 Å². The molecule has 96 valence electrons. The molecule has 1 heterocycles. The van der Waals surface area contributed by atoms with Crippen molar-refractivity contribution in [3.05, 3.63) is 41.6 Å². The van der Waals surface area contributed by atoms with Crippen molar-refractivity contribution in [2.75, 3.05) is 19.0 Å². The molecule has 0 aliphatic heterocycles. The molecule has 0 atom stereocenters. The lowest BCUT2D eigenvalue weighted by Gasteiger charge is -2.09. The zero-order chi connectivity index (χ0) is 13.3. The summed E-state index contributed by atoms with van der Waals surface area (Å²) in [7, 11) is 4.02. The Hall–Kier alpha value is -1.77. The van der Waals surface area contributed by atoms with Crippen LogP contribution in [-0.2, 0) is 0 Å². The summed E-state index contributed by atoms with van der Waals surface area (Å²) in [5, 5.41) is 4.60. The van der Waals surface area contributed by atoms with E-state index in [-0.39, 0.29) is 0 Å². The van der Waals surface area contributed by atoms with Crippen LogP contribution in [0.25, 0.3) is 5.69 Å². The Morgan fingerprint density at radius 3 is 2.17 bits per heavy atom. The highest BCUT2D eigenvalue weighted by atomic mass is 15.3. The molecule has 1 aromatic heterocycles. The first-order valence-corrected chi connectivity index (χ1v) is 6.33. The molecule has 0 unspecified atom stereocenters. The van der Waals surface area contributed by atoms with Crippen LogP contribution in [0.3, 0.4) is 0 Å². The number of nitrogens with zero attached hydrogens (tertiary/aromatic N) is 3. The topological polar surface area (TPSA) is 21.1 Å². The molecule has 0 spiro atoms. The highest BCUT2D eigenvalue weighted by Gasteiger charge is 2.07. The van der Waals surface area contributed by atoms with E-state index in [2.05, 4.69) is 56.2 Å². The highest BCUT2D eigenvalue weighted by Crippen LogP contribution is 2.19. The van der Waals surface area contributed by atoms with Gasteiger partial charge in [-0.3, -0.25) is 0 Å². The van der Waals surface area contributed by atoms with E-state index in [1.165, 1.54) is 5.56 Å². The highest BCUT2D eigenvalue weighted by molar-refractivity contribution is 5.43. The van der Waals surface area contributed by atoms with Gasteiger partial charge >= 0.3 is 0 Å². The average Bonchev–Trinajstić information content (AvgIpc) is 2.71. The number of anilines is 1. The minimum absolute atomic E-state index is 0.565. The molecule has 3 heteroatoms. The van der Waals surface area contributed by atoms with Crippen molar-refractivity contribution in [2.45, 2.75) is 26.7 Å². The molecule has 0 radical (unpaired) electrons. The van der Waals surface area contributed by atoms with E-state index < -0.39 is 0 Å². The predicted molar refractivity (Wildman–Crippen MR) is 76.7 cm³/mol. The largest absolute Gasteiger partial charge is 0.361 e. The summed E-state index contributed by atoms with van der Waals surface area (Å²) >= 11 is 0. The Kier molecular flexibility index (Phi) is 3.41. The summed E-state index contributed by atoms with van der Waals surface area (Å²) in [5.74, 6) is 1.55. The molecule has 0 amide bonds. The number of hydrogen-bond donors (Lipinski definition) is 0. The Morgan fingerprint density at radius 2 is 1.72 bits per heavy atom. The number of benzene rings is 1. The molecule has 0 aliphatic rings. The predicted octanol–water partition coefficient (Wildman–Crippen LogP) is 3.37. The van der Waals surface area contributed by atoms with Crippen molar-refractivity contribution in [1.82, 2.24) is 9.78 Å². The summed E-state index contributed by atoms with van der Waals surface area (Å²) in [6.07, 6.45) is 0. The minimum Gasteiger partial charge on any atom is -0.361 e. The summed E-state index contributed by atoms with van der Waals surface area (Å²) in [6.45, 7) is 6.49. The molecule has 0 saturated carbocycles. The standard InChI is InChI=1S/C15H21N3/c1-11(2)13-6-8-14(9-7-13)18-12(3)10-15(16-18)17(4)5/h6-11H,1-5H3. The van der Waals surface area contributed by atoms with Crippen LogP contribution in [0.1, 0.15) is 31.0 Å². The summed E-state index contributed by atoms with van der Waals surface area (Å²) in [5.41, 5.74) is 3.62. The van der Waals surface area contributed by atoms with E-state index in [0.717, 1.165) is 17.2 Å². The van der Waals surface area contributed by atoms with E-state index >= 15 is 0 Å². The van der Waals surface area contributed by atoms with Gasteiger partial charge in [0.1, 0.15) is 0 Å². The van der Waals surface area contributed by atoms with Crippen LogP contribution in [0.5, 0.6) is 0 Å². The van der Waals surface area contributed by atoms with Crippen molar-refractivity contribution in [3.8, 4) is 5.69 Å². The molecule has 0 fully saturated rings. The zero-order valence-electron chi connectivity index (χ0n) is 11.8. The van der Waals surface area contributed by atoms with Crippen molar-refractivity contribution < 1.29 is 0 Å². The first kappa shape index (κ1) is 12.7. The van der Waals surface area contributed by atoms with Crippen LogP contribution in [-0.4, -0.2) is 23.9 Å². The summed E-state index contributed by atoms with van der Waals surface area (Å²) in [4.78, 5) is 2.02. The number of rotatable bonds is 3. The summed E-state index contributed by atoms with van der Waals surface area (Å²) in [6, 6.07) is 10.7. The maximum Gasteiger partial charge on any atom is 0.150 e. The quantitative estimate of drug-likeness (QED) is 0.824. The van der Waals surface area contributed by atoms with E-state index in [9.17, 15) is 0 Å². The van der Waals surface area contributed by atoms with Crippen molar-refractivity contribution in [1.29, 1.82) is 0 Å². The molecule has 0 aliphatic carbocycles. The molecule has 0 bridgehead atoms. The molecule has 1 aromatic carbocycles. The van der Waals surface area contributed by atoms with Gasteiger partial charge in [-0.05, 0) is 30.5 Å². The molecular formula is C15H21N3. The maximum absolute atomic E-state index is 4.60. The third kappa shape index (κ3) is 2.40. The van der Waals surface area contributed by atoms with Crippen LogP contribution in [0.4, 0.5) is 5.82 Å². The van der Waals surface area contributed by atoms with Crippen molar-refractivity contribution in [3.63, 3.8) is 0 Å². The van der Waals surface area contributed by atoms with Gasteiger partial charge in [0.15, 0.2) is 5.82 Å². The monoisotopic (exact) mass is 243 g/mol. The molecule has 2 rings (SSSR count). The Balaban J connectivity index is 2.36. The van der Waals surface area contributed by atoms with E-state index in [1.807, 2.05) is 23.7 Å². The second-order valence-corrected chi connectivity index (χ2v) is 5.20. The van der Waals surface area contributed by atoms with Crippen molar-refractivity contribution in [2.24, 2.45) is 0 Å². The minimum atomic E-state index is 0.565. The maximum atomic E-state index is 4.60.